The molecule has 0 fully saturated rings. The summed E-state index contributed by atoms with van der Waals surface area (Å²) in [6, 6.07) is 13.1. The normalized spacial score (nSPS) is 12.5. The Hall–Kier alpha value is -3.48. The molecule has 0 unspecified atom stereocenters. The van der Waals surface area contributed by atoms with Crippen molar-refractivity contribution in [1.82, 2.24) is 15.5 Å². The molecule has 3 aromatic rings. The number of para-hydroxylation sites is 1. The number of methoxy groups -OCH3 is 1. The molecular weight excluding hydrogens is 346 g/mol. The maximum Gasteiger partial charge on any atom is 0.255 e. The topological polar surface area (TPSA) is 85.5 Å². The summed E-state index contributed by atoms with van der Waals surface area (Å²) >= 11 is 0. The molecule has 2 heterocycles. The predicted molar refractivity (Wildman–Crippen MR) is 99.2 cm³/mol. The van der Waals surface area contributed by atoms with Crippen LogP contribution in [-0.2, 0) is 6.54 Å². The van der Waals surface area contributed by atoms with Gasteiger partial charge in [-0.1, -0.05) is 18.2 Å². The molecule has 2 aromatic carbocycles. The van der Waals surface area contributed by atoms with Gasteiger partial charge in [0.05, 0.1) is 24.6 Å². The van der Waals surface area contributed by atoms with E-state index in [0.717, 1.165) is 16.9 Å². The average molecular weight is 365 g/mol. The second-order valence-corrected chi connectivity index (χ2v) is 6.01. The number of aromatic amines is 1. The van der Waals surface area contributed by atoms with Gasteiger partial charge in [-0.2, -0.15) is 5.10 Å². The predicted octanol–water partition coefficient (Wildman–Crippen LogP) is 2.79. The molecule has 1 aliphatic heterocycles. The molecular formula is C20H19N3O4. The van der Waals surface area contributed by atoms with Crippen LogP contribution in [0.5, 0.6) is 17.2 Å². The zero-order valence-corrected chi connectivity index (χ0v) is 14.8. The fourth-order valence-electron chi connectivity index (χ4n) is 3.00. The number of carbonyl (C=O) groups excluding carboxylic acids is 1. The third-order valence-corrected chi connectivity index (χ3v) is 4.35. The summed E-state index contributed by atoms with van der Waals surface area (Å²) in [6.07, 6.45) is 1.52. The molecule has 0 atom stereocenters. The van der Waals surface area contributed by atoms with Crippen LogP contribution in [0.15, 0.2) is 48.7 Å². The molecule has 4 rings (SSSR count). The van der Waals surface area contributed by atoms with Gasteiger partial charge in [0.1, 0.15) is 19.0 Å². The number of H-pyrrole nitrogens is 1. The van der Waals surface area contributed by atoms with Crippen LogP contribution in [0.1, 0.15) is 15.9 Å². The number of aromatic nitrogens is 2. The maximum atomic E-state index is 12.7. The van der Waals surface area contributed by atoms with Crippen molar-refractivity contribution in [3.8, 4) is 28.5 Å². The zero-order valence-electron chi connectivity index (χ0n) is 14.8. The van der Waals surface area contributed by atoms with Crippen molar-refractivity contribution in [2.45, 2.75) is 6.54 Å². The molecule has 7 heteroatoms. The van der Waals surface area contributed by atoms with Crippen molar-refractivity contribution >= 4 is 5.91 Å². The number of hydrogen-bond donors (Lipinski definition) is 2. The highest BCUT2D eigenvalue weighted by Crippen LogP contribution is 2.34. The Balaban J connectivity index is 1.54. The number of benzene rings is 2. The van der Waals surface area contributed by atoms with Gasteiger partial charge in [0, 0.05) is 17.7 Å². The van der Waals surface area contributed by atoms with Crippen LogP contribution in [-0.4, -0.2) is 36.4 Å². The highest BCUT2D eigenvalue weighted by molar-refractivity contribution is 5.99. The first kappa shape index (κ1) is 17.0. The van der Waals surface area contributed by atoms with Gasteiger partial charge < -0.3 is 19.5 Å². The Kier molecular flexibility index (Phi) is 4.65. The lowest BCUT2D eigenvalue weighted by molar-refractivity contribution is 0.0951. The molecule has 138 valence electrons. The van der Waals surface area contributed by atoms with Crippen molar-refractivity contribution < 1.29 is 19.0 Å². The number of rotatable bonds is 5. The highest BCUT2D eigenvalue weighted by Gasteiger charge is 2.18. The van der Waals surface area contributed by atoms with Gasteiger partial charge >= 0.3 is 0 Å². The fourth-order valence-corrected chi connectivity index (χ4v) is 3.00. The second kappa shape index (κ2) is 7.41. The molecule has 2 N–H and O–H groups in total. The Morgan fingerprint density at radius 1 is 1.19 bits per heavy atom. The number of fused-ring (bicyclic) bond motifs is 1. The van der Waals surface area contributed by atoms with Crippen LogP contribution in [0.3, 0.4) is 0 Å². The van der Waals surface area contributed by atoms with Crippen LogP contribution in [0.25, 0.3) is 11.3 Å². The quantitative estimate of drug-likeness (QED) is 0.726. The minimum atomic E-state index is -0.223. The molecule has 0 saturated carbocycles. The average Bonchev–Trinajstić information content (AvgIpc) is 3.22. The number of carbonyl (C=O) groups is 1. The van der Waals surface area contributed by atoms with E-state index >= 15 is 0 Å². The summed E-state index contributed by atoms with van der Waals surface area (Å²) in [5, 5.41) is 9.85. The molecule has 0 bridgehead atoms. The largest absolute Gasteiger partial charge is 0.496 e. The van der Waals surface area contributed by atoms with Gasteiger partial charge in [0.2, 0.25) is 0 Å². The molecule has 0 aliphatic carbocycles. The Morgan fingerprint density at radius 3 is 2.85 bits per heavy atom. The highest BCUT2D eigenvalue weighted by atomic mass is 16.6. The van der Waals surface area contributed by atoms with Gasteiger partial charge in [-0.25, -0.2) is 0 Å². The van der Waals surface area contributed by atoms with E-state index in [1.165, 1.54) is 6.20 Å². The molecule has 0 saturated heterocycles. The number of nitrogens with zero attached hydrogens (tertiary/aromatic N) is 1. The van der Waals surface area contributed by atoms with E-state index in [9.17, 15) is 4.79 Å². The van der Waals surface area contributed by atoms with E-state index in [0.29, 0.717) is 42.5 Å². The summed E-state index contributed by atoms with van der Waals surface area (Å²) in [4.78, 5) is 12.7. The van der Waals surface area contributed by atoms with Crippen LogP contribution in [0, 0.1) is 0 Å². The van der Waals surface area contributed by atoms with Gasteiger partial charge in [0.15, 0.2) is 11.5 Å². The van der Waals surface area contributed by atoms with Gasteiger partial charge in [-0.3, -0.25) is 9.89 Å². The monoisotopic (exact) mass is 365 g/mol. The fraction of sp³-hybridized carbons (Fsp3) is 0.200. The molecule has 7 nitrogen and oxygen atoms in total. The van der Waals surface area contributed by atoms with E-state index in [-0.39, 0.29) is 5.91 Å². The van der Waals surface area contributed by atoms with Crippen molar-refractivity contribution in [2.75, 3.05) is 20.3 Å². The smallest absolute Gasteiger partial charge is 0.255 e. The summed E-state index contributed by atoms with van der Waals surface area (Å²) in [5.41, 5.74) is 2.79. The van der Waals surface area contributed by atoms with Crippen LogP contribution in [0.4, 0.5) is 0 Å². The number of amides is 1. The summed E-state index contributed by atoms with van der Waals surface area (Å²) in [7, 11) is 1.61. The lowest BCUT2D eigenvalue weighted by Crippen LogP contribution is -2.23. The molecule has 1 aliphatic rings. The van der Waals surface area contributed by atoms with Crippen molar-refractivity contribution in [1.29, 1.82) is 0 Å². The minimum absolute atomic E-state index is 0.223. The van der Waals surface area contributed by atoms with Gasteiger partial charge in [0.25, 0.3) is 5.91 Å². The van der Waals surface area contributed by atoms with E-state index in [1.54, 1.807) is 7.11 Å². The van der Waals surface area contributed by atoms with E-state index < -0.39 is 0 Å². The van der Waals surface area contributed by atoms with Crippen LogP contribution in [0.2, 0.25) is 0 Å². The second-order valence-electron chi connectivity index (χ2n) is 6.01. The Labute approximate surface area is 156 Å². The third kappa shape index (κ3) is 3.44. The molecule has 1 aromatic heterocycles. The van der Waals surface area contributed by atoms with Gasteiger partial charge in [-0.15, -0.1) is 0 Å². The SMILES string of the molecule is COc1ccccc1CNC(=O)c1cn[nH]c1-c1ccc2c(c1)OCCO2. The van der Waals surface area contributed by atoms with Crippen LogP contribution < -0.4 is 19.5 Å². The Bertz CT molecular complexity index is 967. The molecule has 0 spiro atoms. The summed E-state index contributed by atoms with van der Waals surface area (Å²) in [5.74, 6) is 1.87. The molecule has 0 radical (unpaired) electrons. The minimum Gasteiger partial charge on any atom is -0.496 e. The van der Waals surface area contributed by atoms with E-state index in [1.807, 2.05) is 42.5 Å². The van der Waals surface area contributed by atoms with E-state index in [2.05, 4.69) is 15.5 Å². The van der Waals surface area contributed by atoms with Crippen molar-refractivity contribution in [3.63, 3.8) is 0 Å². The zero-order chi connectivity index (χ0) is 18.6. The maximum absolute atomic E-state index is 12.7. The van der Waals surface area contributed by atoms with Crippen LogP contribution >= 0.6 is 0 Å². The standard InChI is InChI=1S/C20H19N3O4/c1-25-16-5-3-2-4-14(16)11-21-20(24)15-12-22-23-19(15)13-6-7-17-18(10-13)27-9-8-26-17/h2-7,10,12H,8-9,11H2,1H3,(H,21,24)(H,22,23). The summed E-state index contributed by atoms with van der Waals surface area (Å²) < 4.78 is 16.5. The van der Waals surface area contributed by atoms with Crippen molar-refractivity contribution in [3.05, 3.63) is 59.8 Å². The van der Waals surface area contributed by atoms with Crippen molar-refractivity contribution in [2.24, 2.45) is 0 Å². The summed E-state index contributed by atoms with van der Waals surface area (Å²) in [6.45, 7) is 1.40. The number of hydrogen-bond acceptors (Lipinski definition) is 5. The first-order valence-corrected chi connectivity index (χ1v) is 8.60. The number of ether oxygens (including phenoxy) is 3. The lowest BCUT2D eigenvalue weighted by atomic mass is 10.1. The number of nitrogens with one attached hydrogen (secondary N) is 2. The van der Waals surface area contributed by atoms with E-state index in [4.69, 9.17) is 14.2 Å². The molecule has 1 amide bonds. The first-order valence-electron chi connectivity index (χ1n) is 8.60. The molecule has 27 heavy (non-hydrogen) atoms. The third-order valence-electron chi connectivity index (χ3n) is 4.35. The first-order chi connectivity index (χ1) is 13.3. The van der Waals surface area contributed by atoms with Gasteiger partial charge in [-0.05, 0) is 24.3 Å². The Morgan fingerprint density at radius 2 is 2.00 bits per heavy atom. The lowest BCUT2D eigenvalue weighted by Gasteiger charge is -2.18.